The van der Waals surface area contributed by atoms with Crippen LogP contribution in [-0.4, -0.2) is 30.3 Å². The number of anilines is 1. The minimum absolute atomic E-state index is 0.0421. The highest BCUT2D eigenvalue weighted by Crippen LogP contribution is 2.33. The molecule has 2 unspecified atom stereocenters. The van der Waals surface area contributed by atoms with Gasteiger partial charge in [-0.2, -0.15) is 0 Å². The van der Waals surface area contributed by atoms with E-state index in [1.54, 1.807) is 6.92 Å². The van der Waals surface area contributed by atoms with Gasteiger partial charge in [0.2, 0.25) is 5.91 Å². The Labute approximate surface area is 125 Å². The lowest BCUT2D eigenvalue weighted by atomic mass is 9.95. The quantitative estimate of drug-likeness (QED) is 0.849. The first-order valence-electron chi connectivity index (χ1n) is 7.78. The van der Waals surface area contributed by atoms with Crippen molar-refractivity contribution in [1.29, 1.82) is 0 Å². The molecule has 0 radical (unpaired) electrons. The van der Waals surface area contributed by atoms with E-state index in [2.05, 4.69) is 5.32 Å². The van der Waals surface area contributed by atoms with Gasteiger partial charge in [0.05, 0.1) is 6.04 Å². The van der Waals surface area contributed by atoms with Crippen LogP contribution in [0.15, 0.2) is 18.2 Å². The fourth-order valence-corrected chi connectivity index (χ4v) is 3.54. The molecule has 0 saturated carbocycles. The van der Waals surface area contributed by atoms with E-state index in [0.717, 1.165) is 49.0 Å². The summed E-state index contributed by atoms with van der Waals surface area (Å²) in [4.78, 5) is 26.1. The molecule has 0 aromatic heterocycles. The zero-order valence-corrected chi connectivity index (χ0v) is 12.7. The standard InChI is InChI=1S/C17H22N2O2/c1-11-9-14-10-13(6-7-16(14)19(11)12(2)20)17(21)15-5-3-4-8-18-15/h6-7,10-11,15,18H,3-5,8-9H2,1-2H3. The second-order valence-electron chi connectivity index (χ2n) is 6.15. The highest BCUT2D eigenvalue weighted by Gasteiger charge is 2.30. The van der Waals surface area contributed by atoms with Crippen molar-refractivity contribution in [1.82, 2.24) is 5.32 Å². The Bertz CT molecular complexity index is 576. The third kappa shape index (κ3) is 2.60. The van der Waals surface area contributed by atoms with Crippen LogP contribution < -0.4 is 10.2 Å². The third-order valence-corrected chi connectivity index (χ3v) is 4.55. The van der Waals surface area contributed by atoms with Gasteiger partial charge in [-0.05, 0) is 56.5 Å². The molecule has 0 spiro atoms. The number of piperidine rings is 1. The molecule has 2 aliphatic rings. The van der Waals surface area contributed by atoms with E-state index in [4.69, 9.17) is 0 Å². The maximum atomic E-state index is 12.6. The average Bonchev–Trinajstić information content (AvgIpc) is 2.82. The summed E-state index contributed by atoms with van der Waals surface area (Å²) in [6.07, 6.45) is 4.02. The van der Waals surface area contributed by atoms with Crippen LogP contribution >= 0.6 is 0 Å². The van der Waals surface area contributed by atoms with E-state index < -0.39 is 0 Å². The first-order chi connectivity index (χ1) is 10.1. The summed E-state index contributed by atoms with van der Waals surface area (Å²) in [5.41, 5.74) is 2.84. The number of nitrogens with one attached hydrogen (secondary N) is 1. The van der Waals surface area contributed by atoms with E-state index in [1.165, 1.54) is 0 Å². The van der Waals surface area contributed by atoms with Crippen LogP contribution in [0.1, 0.15) is 49.0 Å². The van der Waals surface area contributed by atoms with Crippen molar-refractivity contribution >= 4 is 17.4 Å². The number of amides is 1. The topological polar surface area (TPSA) is 49.4 Å². The summed E-state index contributed by atoms with van der Waals surface area (Å²) >= 11 is 0. The maximum Gasteiger partial charge on any atom is 0.224 e. The Morgan fingerprint density at radius 1 is 1.29 bits per heavy atom. The van der Waals surface area contributed by atoms with Crippen molar-refractivity contribution in [2.45, 2.75) is 51.6 Å². The number of hydrogen-bond acceptors (Lipinski definition) is 3. The lowest BCUT2D eigenvalue weighted by Crippen LogP contribution is -2.40. The zero-order chi connectivity index (χ0) is 15.0. The second kappa shape index (κ2) is 5.60. The Kier molecular flexibility index (Phi) is 3.81. The van der Waals surface area contributed by atoms with Crippen LogP contribution in [0.25, 0.3) is 0 Å². The molecule has 112 valence electrons. The minimum Gasteiger partial charge on any atom is -0.309 e. The molecule has 0 bridgehead atoms. The van der Waals surface area contributed by atoms with Gasteiger partial charge in [-0.3, -0.25) is 9.59 Å². The molecule has 21 heavy (non-hydrogen) atoms. The number of carbonyl (C=O) groups excluding carboxylic acids is 2. The van der Waals surface area contributed by atoms with Gasteiger partial charge in [0.25, 0.3) is 0 Å². The molecule has 4 nitrogen and oxygen atoms in total. The predicted molar refractivity (Wildman–Crippen MR) is 82.7 cm³/mol. The Hall–Kier alpha value is -1.68. The number of fused-ring (bicyclic) bond motifs is 1. The van der Waals surface area contributed by atoms with Gasteiger partial charge in [0, 0.05) is 24.2 Å². The number of Topliss-reactive ketones (excluding diaryl/α,β-unsaturated/α-hetero) is 1. The number of benzene rings is 1. The highest BCUT2D eigenvalue weighted by molar-refractivity contribution is 6.02. The van der Waals surface area contributed by atoms with Gasteiger partial charge in [0.15, 0.2) is 5.78 Å². The van der Waals surface area contributed by atoms with Crippen molar-refractivity contribution in [2.75, 3.05) is 11.4 Å². The SMILES string of the molecule is CC(=O)N1c2ccc(C(=O)C3CCCCN3)cc2CC1C. The van der Waals surface area contributed by atoms with Crippen LogP contribution in [0.2, 0.25) is 0 Å². The first-order valence-corrected chi connectivity index (χ1v) is 7.78. The van der Waals surface area contributed by atoms with Crippen molar-refractivity contribution < 1.29 is 9.59 Å². The minimum atomic E-state index is -0.0421. The first kappa shape index (κ1) is 14.3. The van der Waals surface area contributed by atoms with Gasteiger partial charge in [-0.15, -0.1) is 0 Å². The van der Waals surface area contributed by atoms with E-state index >= 15 is 0 Å². The molecule has 1 aromatic rings. The molecule has 2 atom stereocenters. The van der Waals surface area contributed by atoms with Crippen LogP contribution in [-0.2, 0) is 11.2 Å². The van der Waals surface area contributed by atoms with Crippen molar-refractivity contribution in [3.8, 4) is 0 Å². The summed E-state index contributed by atoms with van der Waals surface area (Å²) in [7, 11) is 0. The number of carbonyl (C=O) groups is 2. The molecule has 4 heteroatoms. The van der Waals surface area contributed by atoms with Gasteiger partial charge >= 0.3 is 0 Å². The normalized spacial score (nSPS) is 24.8. The molecule has 1 saturated heterocycles. The maximum absolute atomic E-state index is 12.6. The van der Waals surface area contributed by atoms with Crippen molar-refractivity contribution in [3.63, 3.8) is 0 Å². The Morgan fingerprint density at radius 2 is 2.10 bits per heavy atom. The summed E-state index contributed by atoms with van der Waals surface area (Å²) in [5.74, 6) is 0.251. The van der Waals surface area contributed by atoms with Crippen LogP contribution in [0.3, 0.4) is 0 Å². The molecule has 0 aliphatic carbocycles. The van der Waals surface area contributed by atoms with Crippen LogP contribution in [0.5, 0.6) is 0 Å². The molecular weight excluding hydrogens is 264 g/mol. The van der Waals surface area contributed by atoms with E-state index in [0.29, 0.717) is 0 Å². The fourth-order valence-electron chi connectivity index (χ4n) is 3.54. The van der Waals surface area contributed by atoms with Gasteiger partial charge in [-0.25, -0.2) is 0 Å². The van der Waals surface area contributed by atoms with Gasteiger partial charge < -0.3 is 10.2 Å². The Morgan fingerprint density at radius 3 is 2.76 bits per heavy atom. The number of rotatable bonds is 2. The summed E-state index contributed by atoms with van der Waals surface area (Å²) in [6, 6.07) is 5.91. The molecular formula is C17H22N2O2. The van der Waals surface area contributed by atoms with E-state index in [9.17, 15) is 9.59 Å². The monoisotopic (exact) mass is 286 g/mol. The van der Waals surface area contributed by atoms with Crippen LogP contribution in [0, 0.1) is 0 Å². The lowest BCUT2D eigenvalue weighted by molar-refractivity contribution is -0.116. The van der Waals surface area contributed by atoms with Crippen LogP contribution in [0.4, 0.5) is 5.69 Å². The smallest absolute Gasteiger partial charge is 0.224 e. The summed E-state index contributed by atoms with van der Waals surface area (Å²) in [5, 5.41) is 3.31. The summed E-state index contributed by atoms with van der Waals surface area (Å²) < 4.78 is 0. The largest absolute Gasteiger partial charge is 0.309 e. The molecule has 2 aliphatic heterocycles. The second-order valence-corrected chi connectivity index (χ2v) is 6.15. The molecule has 1 amide bonds. The molecule has 1 fully saturated rings. The molecule has 3 rings (SSSR count). The Balaban J connectivity index is 1.85. The predicted octanol–water partition coefficient (Wildman–Crippen LogP) is 2.31. The average molecular weight is 286 g/mol. The lowest BCUT2D eigenvalue weighted by Gasteiger charge is -2.23. The number of ketones is 1. The van der Waals surface area contributed by atoms with Gasteiger partial charge in [-0.1, -0.05) is 6.42 Å². The molecule has 1 N–H and O–H groups in total. The highest BCUT2D eigenvalue weighted by atomic mass is 16.2. The van der Waals surface area contributed by atoms with Gasteiger partial charge in [0.1, 0.15) is 0 Å². The third-order valence-electron chi connectivity index (χ3n) is 4.55. The number of hydrogen-bond donors (Lipinski definition) is 1. The zero-order valence-electron chi connectivity index (χ0n) is 12.7. The van der Waals surface area contributed by atoms with Crippen molar-refractivity contribution in [3.05, 3.63) is 29.3 Å². The molecule has 1 aromatic carbocycles. The number of nitrogens with zero attached hydrogens (tertiary/aromatic N) is 1. The fraction of sp³-hybridized carbons (Fsp3) is 0.529. The van der Waals surface area contributed by atoms with Crippen molar-refractivity contribution in [2.24, 2.45) is 0 Å². The molecule has 2 heterocycles. The summed E-state index contributed by atoms with van der Waals surface area (Å²) in [6.45, 7) is 4.57. The van der Waals surface area contributed by atoms with E-state index in [1.807, 2.05) is 30.0 Å². The van der Waals surface area contributed by atoms with E-state index in [-0.39, 0.29) is 23.8 Å².